The third-order valence-corrected chi connectivity index (χ3v) is 3.43. The molecule has 0 saturated carbocycles. The Labute approximate surface area is 118 Å². The zero-order chi connectivity index (χ0) is 14.3. The van der Waals surface area contributed by atoms with Crippen LogP contribution in [0.3, 0.4) is 0 Å². The van der Waals surface area contributed by atoms with Crippen LogP contribution in [0.4, 0.5) is 0 Å². The van der Waals surface area contributed by atoms with Crippen LogP contribution in [0.5, 0.6) is 0 Å². The first-order valence-corrected chi connectivity index (χ1v) is 7.36. The predicted octanol–water partition coefficient (Wildman–Crippen LogP) is 3.79. The SMILES string of the molecule is CCOC(C(N)CCCc1ccccc1)C(C)(C)C. The lowest BCUT2D eigenvalue weighted by atomic mass is 9.83. The van der Waals surface area contributed by atoms with Crippen molar-refractivity contribution in [2.24, 2.45) is 11.1 Å². The summed E-state index contributed by atoms with van der Waals surface area (Å²) in [5, 5.41) is 0. The molecule has 0 aliphatic rings. The zero-order valence-electron chi connectivity index (χ0n) is 12.9. The molecule has 2 nitrogen and oxygen atoms in total. The normalized spacial score (nSPS) is 15.2. The van der Waals surface area contributed by atoms with Gasteiger partial charge in [0.2, 0.25) is 0 Å². The molecule has 0 bridgehead atoms. The van der Waals surface area contributed by atoms with Crippen LogP contribution in [0.1, 0.15) is 46.1 Å². The van der Waals surface area contributed by atoms with Gasteiger partial charge in [-0.15, -0.1) is 0 Å². The Morgan fingerprint density at radius 3 is 2.32 bits per heavy atom. The molecule has 19 heavy (non-hydrogen) atoms. The fraction of sp³-hybridized carbons (Fsp3) is 0.647. The molecular formula is C17H29NO. The smallest absolute Gasteiger partial charge is 0.0773 e. The van der Waals surface area contributed by atoms with E-state index in [1.54, 1.807) is 0 Å². The van der Waals surface area contributed by atoms with Crippen molar-refractivity contribution in [1.29, 1.82) is 0 Å². The molecule has 1 aromatic carbocycles. The van der Waals surface area contributed by atoms with E-state index in [2.05, 4.69) is 51.1 Å². The summed E-state index contributed by atoms with van der Waals surface area (Å²) >= 11 is 0. The van der Waals surface area contributed by atoms with Crippen molar-refractivity contribution in [3.8, 4) is 0 Å². The number of hydrogen-bond donors (Lipinski definition) is 1. The van der Waals surface area contributed by atoms with Crippen LogP contribution < -0.4 is 5.73 Å². The topological polar surface area (TPSA) is 35.2 Å². The number of ether oxygens (including phenoxy) is 1. The summed E-state index contributed by atoms with van der Waals surface area (Å²) in [5.41, 5.74) is 7.82. The molecule has 0 heterocycles. The van der Waals surface area contributed by atoms with E-state index in [1.165, 1.54) is 5.56 Å². The first kappa shape index (κ1) is 16.2. The van der Waals surface area contributed by atoms with Crippen molar-refractivity contribution in [2.75, 3.05) is 6.61 Å². The summed E-state index contributed by atoms with van der Waals surface area (Å²) in [7, 11) is 0. The fourth-order valence-electron chi connectivity index (χ4n) is 2.53. The number of aryl methyl sites for hydroxylation is 1. The van der Waals surface area contributed by atoms with Crippen LogP contribution in [-0.2, 0) is 11.2 Å². The Kier molecular flexibility index (Phi) is 6.53. The molecule has 2 atom stereocenters. The molecule has 0 amide bonds. The summed E-state index contributed by atoms with van der Waals surface area (Å²) in [6, 6.07) is 10.7. The molecule has 1 aromatic rings. The molecule has 0 radical (unpaired) electrons. The van der Waals surface area contributed by atoms with E-state index in [-0.39, 0.29) is 17.6 Å². The Morgan fingerprint density at radius 2 is 1.79 bits per heavy atom. The summed E-state index contributed by atoms with van der Waals surface area (Å²) in [5.74, 6) is 0. The van der Waals surface area contributed by atoms with Crippen LogP contribution in [0.25, 0.3) is 0 Å². The standard InChI is InChI=1S/C17H29NO/c1-5-19-16(17(2,3)4)15(18)13-9-12-14-10-7-6-8-11-14/h6-8,10-11,15-16H,5,9,12-13,18H2,1-4H3. The number of rotatable bonds is 7. The van der Waals surface area contributed by atoms with Crippen LogP contribution >= 0.6 is 0 Å². The number of hydrogen-bond acceptors (Lipinski definition) is 2. The monoisotopic (exact) mass is 263 g/mol. The molecule has 0 aliphatic heterocycles. The molecule has 1 rings (SSSR count). The third kappa shape index (κ3) is 5.75. The van der Waals surface area contributed by atoms with Gasteiger partial charge in [0.15, 0.2) is 0 Å². The van der Waals surface area contributed by atoms with Gasteiger partial charge in [-0.1, -0.05) is 51.1 Å². The second-order valence-corrected chi connectivity index (χ2v) is 6.28. The third-order valence-electron chi connectivity index (χ3n) is 3.43. The summed E-state index contributed by atoms with van der Waals surface area (Å²) in [4.78, 5) is 0. The molecule has 0 spiro atoms. The van der Waals surface area contributed by atoms with Crippen LogP contribution in [0.2, 0.25) is 0 Å². The van der Waals surface area contributed by atoms with Crippen molar-refractivity contribution in [1.82, 2.24) is 0 Å². The van der Waals surface area contributed by atoms with Gasteiger partial charge < -0.3 is 10.5 Å². The van der Waals surface area contributed by atoms with Gasteiger partial charge in [0, 0.05) is 12.6 Å². The van der Waals surface area contributed by atoms with E-state index in [0.29, 0.717) is 0 Å². The molecule has 0 fully saturated rings. The van der Waals surface area contributed by atoms with Gasteiger partial charge in [-0.25, -0.2) is 0 Å². The van der Waals surface area contributed by atoms with E-state index >= 15 is 0 Å². The summed E-state index contributed by atoms with van der Waals surface area (Å²) < 4.78 is 5.85. The molecule has 0 aliphatic carbocycles. The fourth-order valence-corrected chi connectivity index (χ4v) is 2.53. The molecule has 2 unspecified atom stereocenters. The van der Waals surface area contributed by atoms with E-state index in [0.717, 1.165) is 25.9 Å². The lowest BCUT2D eigenvalue weighted by molar-refractivity contribution is -0.0293. The average molecular weight is 263 g/mol. The second-order valence-electron chi connectivity index (χ2n) is 6.28. The highest BCUT2D eigenvalue weighted by Gasteiger charge is 2.30. The molecule has 108 valence electrons. The molecular weight excluding hydrogens is 234 g/mol. The number of benzene rings is 1. The maximum Gasteiger partial charge on any atom is 0.0773 e. The molecule has 0 aromatic heterocycles. The van der Waals surface area contributed by atoms with Gasteiger partial charge in [0.25, 0.3) is 0 Å². The van der Waals surface area contributed by atoms with E-state index in [1.807, 2.05) is 6.92 Å². The van der Waals surface area contributed by atoms with Crippen molar-refractivity contribution >= 4 is 0 Å². The zero-order valence-corrected chi connectivity index (χ0v) is 12.9. The largest absolute Gasteiger partial charge is 0.376 e. The second kappa shape index (κ2) is 7.66. The van der Waals surface area contributed by atoms with Crippen LogP contribution in [0, 0.1) is 5.41 Å². The van der Waals surface area contributed by atoms with Gasteiger partial charge in [0.1, 0.15) is 0 Å². The van der Waals surface area contributed by atoms with Gasteiger partial charge in [-0.3, -0.25) is 0 Å². The maximum atomic E-state index is 6.33. The highest BCUT2D eigenvalue weighted by atomic mass is 16.5. The quantitative estimate of drug-likeness (QED) is 0.812. The first-order valence-electron chi connectivity index (χ1n) is 7.36. The Balaban J connectivity index is 2.42. The van der Waals surface area contributed by atoms with Gasteiger partial charge in [-0.05, 0) is 37.2 Å². The minimum absolute atomic E-state index is 0.0994. The Morgan fingerprint density at radius 1 is 1.16 bits per heavy atom. The number of nitrogens with two attached hydrogens (primary N) is 1. The van der Waals surface area contributed by atoms with E-state index in [9.17, 15) is 0 Å². The minimum Gasteiger partial charge on any atom is -0.376 e. The van der Waals surface area contributed by atoms with Crippen molar-refractivity contribution in [3.05, 3.63) is 35.9 Å². The van der Waals surface area contributed by atoms with Gasteiger partial charge in [0.05, 0.1) is 6.10 Å². The predicted molar refractivity (Wildman–Crippen MR) is 82.2 cm³/mol. The van der Waals surface area contributed by atoms with Crippen LogP contribution in [-0.4, -0.2) is 18.8 Å². The minimum atomic E-state index is 0.0994. The maximum absolute atomic E-state index is 6.33. The lowest BCUT2D eigenvalue weighted by Crippen LogP contribution is -2.45. The van der Waals surface area contributed by atoms with Crippen molar-refractivity contribution in [3.63, 3.8) is 0 Å². The lowest BCUT2D eigenvalue weighted by Gasteiger charge is -2.35. The van der Waals surface area contributed by atoms with Crippen molar-refractivity contribution < 1.29 is 4.74 Å². The van der Waals surface area contributed by atoms with Crippen molar-refractivity contribution in [2.45, 2.75) is 59.1 Å². The Hall–Kier alpha value is -0.860. The highest BCUT2D eigenvalue weighted by molar-refractivity contribution is 5.14. The van der Waals surface area contributed by atoms with Gasteiger partial charge in [-0.2, -0.15) is 0 Å². The highest BCUT2D eigenvalue weighted by Crippen LogP contribution is 2.26. The molecule has 0 saturated heterocycles. The summed E-state index contributed by atoms with van der Waals surface area (Å²) in [6.07, 6.45) is 3.35. The molecule has 2 heteroatoms. The summed E-state index contributed by atoms with van der Waals surface area (Å²) in [6.45, 7) is 9.36. The van der Waals surface area contributed by atoms with E-state index < -0.39 is 0 Å². The van der Waals surface area contributed by atoms with Crippen LogP contribution in [0.15, 0.2) is 30.3 Å². The van der Waals surface area contributed by atoms with E-state index in [4.69, 9.17) is 10.5 Å². The Bertz CT molecular complexity index is 342. The molecule has 2 N–H and O–H groups in total. The first-order chi connectivity index (χ1) is 8.95. The van der Waals surface area contributed by atoms with Gasteiger partial charge >= 0.3 is 0 Å². The average Bonchev–Trinajstić information content (AvgIpc) is 2.35.